The minimum atomic E-state index is -0.00375. The van der Waals surface area contributed by atoms with Crippen LogP contribution in [-0.4, -0.2) is 20.5 Å². The first-order valence-electron chi connectivity index (χ1n) is 6.55. The molecule has 0 N–H and O–H groups in total. The molecule has 1 heterocycles. The number of benzene rings is 2. The highest BCUT2D eigenvalue weighted by Crippen LogP contribution is 2.10. The summed E-state index contributed by atoms with van der Waals surface area (Å²) in [5, 5.41) is 4.06. The molecular formula is C17H13N3O. The average molecular weight is 275 g/mol. The van der Waals surface area contributed by atoms with Gasteiger partial charge in [-0.25, -0.2) is 9.67 Å². The molecule has 0 bridgehead atoms. The van der Waals surface area contributed by atoms with Crippen LogP contribution in [0.5, 0.6) is 0 Å². The van der Waals surface area contributed by atoms with Crippen LogP contribution < -0.4 is 0 Å². The average Bonchev–Trinajstić information content (AvgIpc) is 3.08. The summed E-state index contributed by atoms with van der Waals surface area (Å²) in [6, 6.07) is 17.0. The minimum absolute atomic E-state index is 0.00375. The number of nitrogens with zero attached hydrogens (tertiary/aromatic N) is 3. The molecule has 3 aromatic rings. The number of carbonyl (C=O) groups excluding carboxylic acids is 1. The van der Waals surface area contributed by atoms with Gasteiger partial charge in [0.2, 0.25) is 0 Å². The lowest BCUT2D eigenvalue weighted by atomic mass is 10.1. The quantitative estimate of drug-likeness (QED) is 0.543. The Kier molecular flexibility index (Phi) is 3.69. The number of hydrogen-bond acceptors (Lipinski definition) is 3. The predicted molar refractivity (Wildman–Crippen MR) is 81.2 cm³/mol. The molecule has 2 aromatic carbocycles. The summed E-state index contributed by atoms with van der Waals surface area (Å²) in [4.78, 5) is 15.9. The Morgan fingerprint density at radius 3 is 2.43 bits per heavy atom. The Balaban J connectivity index is 1.73. The molecule has 3 rings (SSSR count). The van der Waals surface area contributed by atoms with E-state index in [4.69, 9.17) is 0 Å². The minimum Gasteiger partial charge on any atom is -0.289 e. The fraction of sp³-hybridized carbons (Fsp3) is 0. The van der Waals surface area contributed by atoms with E-state index in [0.717, 1.165) is 11.3 Å². The first kappa shape index (κ1) is 13.0. The van der Waals surface area contributed by atoms with Gasteiger partial charge in [0.1, 0.15) is 12.7 Å². The van der Waals surface area contributed by atoms with Gasteiger partial charge in [-0.1, -0.05) is 48.5 Å². The summed E-state index contributed by atoms with van der Waals surface area (Å²) >= 11 is 0. The van der Waals surface area contributed by atoms with E-state index in [9.17, 15) is 4.79 Å². The molecule has 4 nitrogen and oxygen atoms in total. The Morgan fingerprint density at radius 2 is 1.76 bits per heavy atom. The molecule has 0 spiro atoms. The van der Waals surface area contributed by atoms with Crippen molar-refractivity contribution in [2.45, 2.75) is 0 Å². The summed E-state index contributed by atoms with van der Waals surface area (Å²) in [5.74, 6) is -0.00375. The summed E-state index contributed by atoms with van der Waals surface area (Å²) in [7, 11) is 0. The van der Waals surface area contributed by atoms with Gasteiger partial charge in [0.05, 0.1) is 5.69 Å². The van der Waals surface area contributed by atoms with E-state index >= 15 is 0 Å². The van der Waals surface area contributed by atoms with Crippen LogP contribution in [0.15, 0.2) is 73.3 Å². The summed E-state index contributed by atoms with van der Waals surface area (Å²) in [5.41, 5.74) is 2.58. The van der Waals surface area contributed by atoms with Crippen molar-refractivity contribution in [3.63, 3.8) is 0 Å². The SMILES string of the molecule is O=C(C=Cc1ccc(-n2cncn2)cc1)c1ccccc1. The van der Waals surface area contributed by atoms with Crippen LogP contribution >= 0.6 is 0 Å². The van der Waals surface area contributed by atoms with Crippen molar-refractivity contribution in [2.24, 2.45) is 0 Å². The second-order valence-electron chi connectivity index (χ2n) is 4.50. The maximum absolute atomic E-state index is 12.0. The van der Waals surface area contributed by atoms with E-state index in [-0.39, 0.29) is 5.78 Å². The van der Waals surface area contributed by atoms with Gasteiger partial charge < -0.3 is 0 Å². The molecule has 0 radical (unpaired) electrons. The number of aromatic nitrogens is 3. The van der Waals surface area contributed by atoms with Gasteiger partial charge in [0, 0.05) is 5.56 Å². The highest BCUT2D eigenvalue weighted by molar-refractivity contribution is 6.06. The van der Waals surface area contributed by atoms with Crippen LogP contribution in [0.3, 0.4) is 0 Å². The normalized spacial score (nSPS) is 10.9. The Labute approximate surface area is 122 Å². The molecule has 21 heavy (non-hydrogen) atoms. The second-order valence-corrected chi connectivity index (χ2v) is 4.50. The molecule has 0 amide bonds. The van der Waals surface area contributed by atoms with Crippen molar-refractivity contribution in [3.8, 4) is 5.69 Å². The fourth-order valence-corrected chi connectivity index (χ4v) is 1.95. The van der Waals surface area contributed by atoms with E-state index in [1.54, 1.807) is 35.3 Å². The van der Waals surface area contributed by atoms with Crippen LogP contribution in [0.25, 0.3) is 11.8 Å². The lowest BCUT2D eigenvalue weighted by Crippen LogP contribution is -1.94. The Hall–Kier alpha value is -3.01. The maximum Gasteiger partial charge on any atom is 0.185 e. The van der Waals surface area contributed by atoms with Crippen LogP contribution in [0, 0.1) is 0 Å². The van der Waals surface area contributed by atoms with Crippen LogP contribution in [0.1, 0.15) is 15.9 Å². The standard InChI is InChI=1S/C17H13N3O/c21-17(15-4-2-1-3-5-15)11-8-14-6-9-16(10-7-14)20-13-18-12-19-20/h1-13H. The van der Waals surface area contributed by atoms with E-state index in [1.807, 2.05) is 42.5 Å². The summed E-state index contributed by atoms with van der Waals surface area (Å²) < 4.78 is 1.68. The number of rotatable bonds is 4. The third kappa shape index (κ3) is 3.12. The number of carbonyl (C=O) groups is 1. The van der Waals surface area contributed by atoms with E-state index in [1.165, 1.54) is 6.33 Å². The van der Waals surface area contributed by atoms with Gasteiger partial charge in [-0.05, 0) is 23.8 Å². The lowest BCUT2D eigenvalue weighted by Gasteiger charge is -2.00. The van der Waals surface area contributed by atoms with E-state index in [0.29, 0.717) is 5.56 Å². The zero-order chi connectivity index (χ0) is 14.5. The second kappa shape index (κ2) is 5.96. The molecule has 0 aliphatic carbocycles. The molecule has 0 saturated heterocycles. The number of hydrogen-bond donors (Lipinski definition) is 0. The maximum atomic E-state index is 12.0. The Morgan fingerprint density at radius 1 is 1.00 bits per heavy atom. The van der Waals surface area contributed by atoms with Crippen molar-refractivity contribution in [2.75, 3.05) is 0 Å². The lowest BCUT2D eigenvalue weighted by molar-refractivity contribution is 0.104. The zero-order valence-corrected chi connectivity index (χ0v) is 11.3. The van der Waals surface area contributed by atoms with Crippen molar-refractivity contribution in [1.82, 2.24) is 14.8 Å². The van der Waals surface area contributed by atoms with Crippen LogP contribution in [-0.2, 0) is 0 Å². The zero-order valence-electron chi connectivity index (χ0n) is 11.3. The monoisotopic (exact) mass is 275 g/mol. The van der Waals surface area contributed by atoms with Gasteiger partial charge in [-0.2, -0.15) is 5.10 Å². The molecule has 0 fully saturated rings. The van der Waals surface area contributed by atoms with Gasteiger partial charge >= 0.3 is 0 Å². The largest absolute Gasteiger partial charge is 0.289 e. The van der Waals surface area contributed by atoms with Crippen LogP contribution in [0.4, 0.5) is 0 Å². The van der Waals surface area contributed by atoms with Gasteiger partial charge in [-0.15, -0.1) is 0 Å². The molecule has 0 aliphatic heterocycles. The summed E-state index contributed by atoms with van der Waals surface area (Å²) in [6.45, 7) is 0. The smallest absolute Gasteiger partial charge is 0.185 e. The third-order valence-electron chi connectivity index (χ3n) is 3.06. The molecular weight excluding hydrogens is 262 g/mol. The molecule has 0 aliphatic rings. The first-order chi connectivity index (χ1) is 10.3. The van der Waals surface area contributed by atoms with Gasteiger partial charge in [0.25, 0.3) is 0 Å². The van der Waals surface area contributed by atoms with Crippen molar-refractivity contribution in [1.29, 1.82) is 0 Å². The molecule has 1 aromatic heterocycles. The highest BCUT2D eigenvalue weighted by atomic mass is 16.1. The summed E-state index contributed by atoms with van der Waals surface area (Å²) in [6.07, 6.45) is 6.52. The molecule has 4 heteroatoms. The molecule has 0 saturated carbocycles. The van der Waals surface area contributed by atoms with E-state index < -0.39 is 0 Å². The van der Waals surface area contributed by atoms with Crippen LogP contribution in [0.2, 0.25) is 0 Å². The molecule has 102 valence electrons. The first-order valence-corrected chi connectivity index (χ1v) is 6.55. The van der Waals surface area contributed by atoms with Gasteiger partial charge in [-0.3, -0.25) is 4.79 Å². The Bertz CT molecular complexity index is 744. The highest BCUT2D eigenvalue weighted by Gasteiger charge is 2.00. The molecule has 0 atom stereocenters. The topological polar surface area (TPSA) is 47.8 Å². The van der Waals surface area contributed by atoms with Gasteiger partial charge in [0.15, 0.2) is 5.78 Å². The predicted octanol–water partition coefficient (Wildman–Crippen LogP) is 3.16. The fourth-order valence-electron chi connectivity index (χ4n) is 1.95. The third-order valence-corrected chi connectivity index (χ3v) is 3.06. The number of ketones is 1. The van der Waals surface area contributed by atoms with Crippen molar-refractivity contribution in [3.05, 3.63) is 84.5 Å². The van der Waals surface area contributed by atoms with E-state index in [2.05, 4.69) is 10.1 Å². The van der Waals surface area contributed by atoms with Crippen molar-refractivity contribution >= 4 is 11.9 Å². The molecule has 0 unspecified atom stereocenters. The van der Waals surface area contributed by atoms with Crippen molar-refractivity contribution < 1.29 is 4.79 Å². The number of allylic oxidation sites excluding steroid dienone is 1.